The normalized spacial score (nSPS) is 10.9. The summed E-state index contributed by atoms with van der Waals surface area (Å²) in [6, 6.07) is 21.6. The Morgan fingerprint density at radius 1 is 0.970 bits per heavy atom. The first-order valence-corrected chi connectivity index (χ1v) is 10.3. The molecule has 0 aliphatic heterocycles. The summed E-state index contributed by atoms with van der Waals surface area (Å²) in [5.74, 6) is 0.460. The van der Waals surface area contributed by atoms with E-state index in [2.05, 4.69) is 30.8 Å². The van der Waals surface area contributed by atoms with Crippen molar-refractivity contribution < 1.29 is 9.90 Å². The zero-order valence-electron chi connectivity index (χ0n) is 17.5. The van der Waals surface area contributed by atoms with E-state index in [1.807, 2.05) is 36.4 Å². The van der Waals surface area contributed by atoms with Crippen molar-refractivity contribution in [2.75, 3.05) is 10.6 Å². The molecule has 0 aliphatic rings. The number of aromatic hydroxyl groups is 1. The van der Waals surface area contributed by atoms with Crippen LogP contribution in [0.2, 0.25) is 0 Å². The average molecular weight is 439 g/mol. The lowest BCUT2D eigenvalue weighted by Gasteiger charge is -2.08. The fourth-order valence-electron chi connectivity index (χ4n) is 3.53. The van der Waals surface area contributed by atoms with E-state index in [4.69, 9.17) is 5.73 Å². The first-order chi connectivity index (χ1) is 16.1. The third kappa shape index (κ3) is 4.12. The van der Waals surface area contributed by atoms with Gasteiger partial charge in [-0.25, -0.2) is 9.78 Å². The molecule has 7 N–H and O–H groups in total. The number of amides is 2. The molecular weight excluding hydrogens is 418 g/mol. The second kappa shape index (κ2) is 8.48. The summed E-state index contributed by atoms with van der Waals surface area (Å²) in [7, 11) is 0. The van der Waals surface area contributed by atoms with Gasteiger partial charge >= 0.3 is 6.03 Å². The second-order valence-electron chi connectivity index (χ2n) is 7.46. The van der Waals surface area contributed by atoms with Gasteiger partial charge in [0.15, 0.2) is 11.6 Å². The Labute approximate surface area is 188 Å². The van der Waals surface area contributed by atoms with Crippen molar-refractivity contribution in [1.82, 2.24) is 20.2 Å². The smallest absolute Gasteiger partial charge is 0.323 e. The topological polar surface area (TPSA) is 145 Å². The van der Waals surface area contributed by atoms with Crippen LogP contribution < -0.4 is 16.4 Å². The van der Waals surface area contributed by atoms with E-state index in [0.29, 0.717) is 40.7 Å². The monoisotopic (exact) mass is 439 g/mol. The van der Waals surface area contributed by atoms with Crippen LogP contribution in [0.15, 0.2) is 72.8 Å². The highest BCUT2D eigenvalue weighted by Gasteiger charge is 2.18. The fourth-order valence-corrected chi connectivity index (χ4v) is 3.53. The maximum Gasteiger partial charge on any atom is 0.323 e. The standard InChI is InChI=1S/C24H21N7O2/c25-13-14-6-11-18-19(12-14)29-23(28-18)21-22(32)20(30-31-21)15-7-9-17(10-8-15)27-24(33)26-16-4-2-1-3-5-16/h1-12,32H,13,25H2,(H,28,29)(H,30,31)(H2,26,27,33). The van der Waals surface area contributed by atoms with E-state index in [9.17, 15) is 9.90 Å². The quantitative estimate of drug-likeness (QED) is 0.240. The van der Waals surface area contributed by atoms with Crippen LogP contribution in [-0.2, 0) is 6.54 Å². The van der Waals surface area contributed by atoms with Gasteiger partial charge in [0.2, 0.25) is 0 Å². The van der Waals surface area contributed by atoms with Gasteiger partial charge in [0.05, 0.1) is 11.0 Å². The number of benzene rings is 3. The van der Waals surface area contributed by atoms with Crippen molar-refractivity contribution in [3.05, 3.63) is 78.4 Å². The number of rotatable bonds is 5. The molecule has 0 aliphatic carbocycles. The third-order valence-electron chi connectivity index (χ3n) is 5.21. The van der Waals surface area contributed by atoms with Gasteiger partial charge in [-0.2, -0.15) is 5.10 Å². The zero-order chi connectivity index (χ0) is 22.8. The summed E-state index contributed by atoms with van der Waals surface area (Å²) >= 11 is 0. The minimum Gasteiger partial charge on any atom is -0.504 e. The van der Waals surface area contributed by atoms with Gasteiger partial charge in [0.1, 0.15) is 11.4 Å². The van der Waals surface area contributed by atoms with Gasteiger partial charge in [-0.15, -0.1) is 0 Å². The van der Waals surface area contributed by atoms with Crippen molar-refractivity contribution in [1.29, 1.82) is 0 Å². The van der Waals surface area contributed by atoms with Crippen LogP contribution in [0.3, 0.4) is 0 Å². The van der Waals surface area contributed by atoms with Crippen LogP contribution in [0.1, 0.15) is 5.56 Å². The van der Waals surface area contributed by atoms with Crippen LogP contribution in [-0.4, -0.2) is 31.3 Å². The van der Waals surface area contributed by atoms with E-state index < -0.39 is 0 Å². The van der Waals surface area contributed by atoms with E-state index in [0.717, 1.165) is 16.6 Å². The zero-order valence-corrected chi connectivity index (χ0v) is 17.5. The molecule has 2 aromatic heterocycles. The maximum atomic E-state index is 12.2. The highest BCUT2D eigenvalue weighted by Crippen LogP contribution is 2.35. The molecule has 164 valence electrons. The summed E-state index contributed by atoms with van der Waals surface area (Å²) in [4.78, 5) is 19.9. The number of aromatic amines is 2. The molecule has 9 heteroatoms. The molecule has 5 rings (SSSR count). The molecule has 2 amide bonds. The summed E-state index contributed by atoms with van der Waals surface area (Å²) in [5, 5.41) is 23.4. The van der Waals surface area contributed by atoms with Crippen molar-refractivity contribution in [3.63, 3.8) is 0 Å². The Hall–Kier alpha value is -4.63. The van der Waals surface area contributed by atoms with Crippen molar-refractivity contribution in [2.45, 2.75) is 6.54 Å². The lowest BCUT2D eigenvalue weighted by Crippen LogP contribution is -2.19. The van der Waals surface area contributed by atoms with Crippen LogP contribution in [0.4, 0.5) is 16.2 Å². The minimum atomic E-state index is -0.346. The molecule has 0 fully saturated rings. The largest absolute Gasteiger partial charge is 0.504 e. The highest BCUT2D eigenvalue weighted by atomic mass is 16.3. The van der Waals surface area contributed by atoms with Crippen molar-refractivity contribution in [2.24, 2.45) is 5.73 Å². The summed E-state index contributed by atoms with van der Waals surface area (Å²) in [5.41, 5.74) is 11.0. The molecule has 33 heavy (non-hydrogen) atoms. The minimum absolute atomic E-state index is 0.0179. The Morgan fingerprint density at radius 3 is 2.42 bits per heavy atom. The number of hydrogen-bond acceptors (Lipinski definition) is 5. The highest BCUT2D eigenvalue weighted by molar-refractivity contribution is 5.99. The molecule has 0 unspecified atom stereocenters. The number of para-hydroxylation sites is 1. The number of H-pyrrole nitrogens is 2. The lowest BCUT2D eigenvalue weighted by molar-refractivity contribution is 0.262. The number of fused-ring (bicyclic) bond motifs is 1. The Bertz CT molecular complexity index is 1420. The third-order valence-corrected chi connectivity index (χ3v) is 5.21. The number of nitrogens with two attached hydrogens (primary N) is 1. The number of urea groups is 1. The number of imidazole rings is 1. The fraction of sp³-hybridized carbons (Fsp3) is 0.0417. The van der Waals surface area contributed by atoms with E-state index >= 15 is 0 Å². The number of nitrogens with one attached hydrogen (secondary N) is 4. The van der Waals surface area contributed by atoms with E-state index in [1.54, 1.807) is 36.4 Å². The summed E-state index contributed by atoms with van der Waals surface area (Å²) < 4.78 is 0. The number of nitrogens with zero attached hydrogens (tertiary/aromatic N) is 2. The van der Waals surface area contributed by atoms with E-state index in [1.165, 1.54) is 0 Å². The number of hydrogen-bond donors (Lipinski definition) is 6. The van der Waals surface area contributed by atoms with Crippen LogP contribution >= 0.6 is 0 Å². The Balaban J connectivity index is 1.34. The predicted octanol–water partition coefficient (Wildman–Crippen LogP) is 4.43. The second-order valence-corrected chi connectivity index (χ2v) is 7.46. The lowest BCUT2D eigenvalue weighted by atomic mass is 10.1. The molecule has 2 heterocycles. The predicted molar refractivity (Wildman–Crippen MR) is 128 cm³/mol. The van der Waals surface area contributed by atoms with Crippen LogP contribution in [0.25, 0.3) is 33.8 Å². The molecule has 0 radical (unpaired) electrons. The molecule has 5 aromatic rings. The molecular formula is C24H21N7O2. The van der Waals surface area contributed by atoms with Crippen LogP contribution in [0.5, 0.6) is 5.75 Å². The number of carbonyl (C=O) groups excluding carboxylic acids is 1. The molecule has 0 spiro atoms. The van der Waals surface area contributed by atoms with Gasteiger partial charge in [-0.05, 0) is 42.0 Å². The molecule has 3 aromatic carbocycles. The van der Waals surface area contributed by atoms with Gasteiger partial charge in [-0.3, -0.25) is 5.10 Å². The maximum absolute atomic E-state index is 12.2. The first kappa shape index (κ1) is 20.3. The molecule has 9 nitrogen and oxygen atoms in total. The van der Waals surface area contributed by atoms with Gasteiger partial charge in [-0.1, -0.05) is 36.4 Å². The van der Waals surface area contributed by atoms with Crippen LogP contribution in [0, 0.1) is 0 Å². The SMILES string of the molecule is NCc1ccc2[nH]c(-c3[nH]nc(-c4ccc(NC(=O)Nc5ccccc5)cc4)c3O)nc2c1. The van der Waals surface area contributed by atoms with Gasteiger partial charge < -0.3 is 26.5 Å². The Morgan fingerprint density at radius 2 is 1.70 bits per heavy atom. The van der Waals surface area contributed by atoms with Gasteiger partial charge in [0, 0.05) is 23.5 Å². The summed E-state index contributed by atoms with van der Waals surface area (Å²) in [6.07, 6.45) is 0. The van der Waals surface area contributed by atoms with Crippen molar-refractivity contribution >= 4 is 28.4 Å². The first-order valence-electron chi connectivity index (χ1n) is 10.3. The van der Waals surface area contributed by atoms with Crippen molar-refractivity contribution in [3.8, 4) is 28.5 Å². The molecule has 0 atom stereocenters. The molecule has 0 saturated carbocycles. The molecule has 0 saturated heterocycles. The number of anilines is 2. The number of carbonyl (C=O) groups is 1. The Kier molecular flexibility index (Phi) is 5.21. The average Bonchev–Trinajstić information content (AvgIpc) is 3.42. The van der Waals surface area contributed by atoms with E-state index in [-0.39, 0.29) is 11.8 Å². The molecule has 0 bridgehead atoms. The summed E-state index contributed by atoms with van der Waals surface area (Å²) in [6.45, 7) is 0.427. The van der Waals surface area contributed by atoms with Gasteiger partial charge in [0.25, 0.3) is 0 Å². The number of aromatic nitrogens is 4.